The first-order valence-corrected chi connectivity index (χ1v) is 28.5. The van der Waals surface area contributed by atoms with Gasteiger partial charge in [-0.25, -0.2) is 0 Å². The first-order valence-electron chi connectivity index (χ1n) is 28.5. The van der Waals surface area contributed by atoms with Crippen molar-refractivity contribution in [3.05, 3.63) is 35.9 Å². The van der Waals surface area contributed by atoms with Crippen LogP contribution in [0, 0.1) is 11.8 Å². The molecule has 1 fully saturated rings. The molecule has 0 bridgehead atoms. The summed E-state index contributed by atoms with van der Waals surface area (Å²) in [5.74, 6) is -8.77. The van der Waals surface area contributed by atoms with E-state index in [2.05, 4.69) is 72.3 Å². The Morgan fingerprint density at radius 1 is 0.585 bits per heavy atom. The molecule has 0 spiro atoms. The Kier molecular flexibility index (Phi) is 33.7. The summed E-state index contributed by atoms with van der Waals surface area (Å²) in [4.78, 5) is 152. The number of rotatable bonds is 28. The number of unbranched alkanes of at least 4 members (excludes halogenated alkanes) is 1. The molecule has 1 aromatic rings. The van der Waals surface area contributed by atoms with Gasteiger partial charge in [0, 0.05) is 19.4 Å². The molecule has 0 unspecified atom stereocenters. The molecule has 1 heterocycles. The van der Waals surface area contributed by atoms with Crippen LogP contribution in [0.1, 0.15) is 117 Å². The molecule has 2 rings (SSSR count). The Morgan fingerprint density at radius 3 is 1.63 bits per heavy atom. The molecule has 11 atom stereocenters. The second-order valence-electron chi connectivity index (χ2n) is 21.1. The van der Waals surface area contributed by atoms with Crippen LogP contribution in [0.25, 0.3) is 0 Å². The smallest absolute Gasteiger partial charge is 0.245 e. The number of benzene rings is 1. The normalized spacial score (nSPS) is 22.0. The fourth-order valence-electron chi connectivity index (χ4n) is 8.72. The Balaban J connectivity index is 2.58. The average Bonchev–Trinajstić information content (AvgIpc) is 3.49. The van der Waals surface area contributed by atoms with E-state index in [4.69, 9.17) is 28.7 Å². The highest BCUT2D eigenvalue weighted by Crippen LogP contribution is 2.14. The highest BCUT2D eigenvalue weighted by Gasteiger charge is 2.36. The summed E-state index contributed by atoms with van der Waals surface area (Å²) >= 11 is 0. The zero-order chi connectivity index (χ0) is 61.3. The average molecular weight is 1160 g/mol. The Bertz CT molecular complexity index is 2230. The summed E-state index contributed by atoms with van der Waals surface area (Å²) in [7, 11) is 0. The van der Waals surface area contributed by atoms with E-state index < -0.39 is 132 Å². The molecule has 28 heteroatoms. The number of amides is 11. The van der Waals surface area contributed by atoms with Crippen molar-refractivity contribution < 1.29 is 57.8 Å². The number of nitrogens with two attached hydrogens (primary N) is 5. The molecular formula is C54H94N16O12. The lowest BCUT2D eigenvalue weighted by atomic mass is 10.00. The second-order valence-corrected chi connectivity index (χ2v) is 21.1. The predicted molar refractivity (Wildman–Crippen MR) is 306 cm³/mol. The van der Waals surface area contributed by atoms with E-state index in [0.717, 1.165) is 19.3 Å². The van der Waals surface area contributed by atoms with Crippen molar-refractivity contribution in [3.8, 4) is 0 Å². The molecule has 1 aromatic carbocycles. The largest absolute Gasteiger partial charge is 0.391 e. The van der Waals surface area contributed by atoms with Crippen LogP contribution in [0.15, 0.2) is 30.3 Å². The molecule has 22 N–H and O–H groups in total. The van der Waals surface area contributed by atoms with Crippen LogP contribution in [-0.2, 0) is 59.2 Å². The molecular weight excluding hydrogens is 1060 g/mol. The van der Waals surface area contributed by atoms with Crippen molar-refractivity contribution >= 4 is 65.0 Å². The third-order valence-corrected chi connectivity index (χ3v) is 13.6. The summed E-state index contributed by atoms with van der Waals surface area (Å²) in [5.41, 5.74) is 29.8. The van der Waals surface area contributed by atoms with Crippen LogP contribution < -0.4 is 87.2 Å². The van der Waals surface area contributed by atoms with Gasteiger partial charge in [-0.3, -0.25) is 52.7 Å². The molecule has 0 saturated carbocycles. The quantitative estimate of drug-likeness (QED) is 0.0349. The van der Waals surface area contributed by atoms with Crippen molar-refractivity contribution in [2.24, 2.45) is 40.5 Å². The minimum atomic E-state index is -1.67. The van der Waals surface area contributed by atoms with Gasteiger partial charge < -0.3 is 92.3 Å². The van der Waals surface area contributed by atoms with Gasteiger partial charge in [0.25, 0.3) is 0 Å². The third-order valence-electron chi connectivity index (χ3n) is 13.6. The van der Waals surface area contributed by atoms with E-state index >= 15 is 0 Å². The number of hydrogen-bond donors (Lipinski definition) is 17. The molecule has 1 aliphatic heterocycles. The topological polar surface area (TPSA) is 470 Å². The maximum absolute atomic E-state index is 14.4. The number of carbonyl (C=O) groups is 11. The number of aliphatic hydroxyl groups excluding tert-OH is 1. The first kappa shape index (κ1) is 71.3. The number of aliphatic hydroxyl groups is 1. The number of nitrogens with one attached hydrogen (secondary N) is 11. The zero-order valence-electron chi connectivity index (χ0n) is 48.3. The molecule has 1 saturated heterocycles. The summed E-state index contributed by atoms with van der Waals surface area (Å²) in [6.45, 7) is 7.52. The van der Waals surface area contributed by atoms with Crippen LogP contribution in [0.2, 0.25) is 0 Å². The van der Waals surface area contributed by atoms with Gasteiger partial charge in [-0.15, -0.1) is 0 Å². The van der Waals surface area contributed by atoms with Gasteiger partial charge in [-0.2, -0.15) is 0 Å². The monoisotopic (exact) mass is 1160 g/mol. The lowest BCUT2D eigenvalue weighted by Crippen LogP contribution is -2.62. The molecule has 28 nitrogen and oxygen atoms in total. The van der Waals surface area contributed by atoms with Crippen molar-refractivity contribution in [1.82, 2.24) is 58.5 Å². The Morgan fingerprint density at radius 2 is 1.10 bits per heavy atom. The maximum atomic E-state index is 14.4. The molecule has 0 radical (unpaired) electrons. The Hall–Kier alpha value is -6.85. The summed E-state index contributed by atoms with van der Waals surface area (Å²) in [6.07, 6.45) is 0.939. The van der Waals surface area contributed by atoms with Crippen molar-refractivity contribution in [2.45, 2.75) is 179 Å². The SMILES string of the molecule is CC[C@H](C)CCCCC(=O)N[C@@H](CCN)C(=O)N[C@H](C(=O)N[C@@H](CCN)C(=O)N[C@H]1CCNC(=O)CNC(=O)[C@H](CCN)NC(=O)[C@H](CCN)NC(=O)[C@H](CC(C)C)NC(=O)[C@@H](Cc2ccccc2)NC(=O)[C@H](CCN)NC1=O)[C@@H](C)O. The van der Waals surface area contributed by atoms with E-state index in [9.17, 15) is 57.8 Å². The van der Waals surface area contributed by atoms with E-state index in [0.29, 0.717) is 17.9 Å². The van der Waals surface area contributed by atoms with E-state index in [-0.39, 0.29) is 103 Å². The van der Waals surface area contributed by atoms with Gasteiger partial charge in [0.1, 0.15) is 54.4 Å². The van der Waals surface area contributed by atoms with Gasteiger partial charge in [-0.05, 0) is 108 Å². The second kappa shape index (κ2) is 38.8. The molecule has 11 amide bonds. The van der Waals surface area contributed by atoms with Crippen LogP contribution in [-0.4, -0.2) is 176 Å². The number of hydrogen-bond acceptors (Lipinski definition) is 17. The lowest BCUT2D eigenvalue weighted by Gasteiger charge is -2.29. The molecule has 0 aliphatic carbocycles. The Labute approximate surface area is 480 Å². The minimum absolute atomic E-state index is 0.00308. The zero-order valence-corrected chi connectivity index (χ0v) is 48.3. The van der Waals surface area contributed by atoms with Crippen molar-refractivity contribution in [2.75, 3.05) is 45.8 Å². The van der Waals surface area contributed by atoms with Gasteiger partial charge in [-0.1, -0.05) is 77.3 Å². The van der Waals surface area contributed by atoms with Crippen molar-refractivity contribution in [1.29, 1.82) is 0 Å². The fraction of sp³-hybridized carbons (Fsp3) is 0.685. The van der Waals surface area contributed by atoms with Crippen LogP contribution in [0.4, 0.5) is 0 Å². The first-order chi connectivity index (χ1) is 39.0. The van der Waals surface area contributed by atoms with Crippen LogP contribution in [0.5, 0.6) is 0 Å². The molecule has 82 heavy (non-hydrogen) atoms. The lowest BCUT2D eigenvalue weighted by molar-refractivity contribution is -0.137. The third kappa shape index (κ3) is 26.4. The minimum Gasteiger partial charge on any atom is -0.391 e. The standard InChI is InChI=1S/C54H94N16O12/c1-6-32(4)12-10-11-15-43(72)62-36(17-23-56)51(79)70-45(33(5)71)54(82)67-39(20-26-59)48(76)66-40-21-27-60-44(73)30-61-46(74)35(16-22-55)63-47(75)37(18-24-57)65-52(80)41(28-31(2)3)68-53(81)42(29-34-13-8-7-9-14-34)69-49(77)38(19-25-58)64-50(40)78/h7-9,13-14,31-33,35-42,45,71H,6,10-12,15-30,55-59H2,1-5H3,(H,60,73)(H,61,74)(H,62,72)(H,63,75)(H,64,78)(H,65,80)(H,66,76)(H,67,82)(H,68,81)(H,69,77)(H,70,79)/t32-,33+,35-,36-,37-,38-,39-,40-,41-,42+,45-/m0/s1. The van der Waals surface area contributed by atoms with Crippen LogP contribution >= 0.6 is 0 Å². The van der Waals surface area contributed by atoms with Gasteiger partial charge >= 0.3 is 0 Å². The summed E-state index contributed by atoms with van der Waals surface area (Å²) in [6, 6.07) is -4.03. The number of carbonyl (C=O) groups excluding carboxylic acids is 11. The predicted octanol–water partition coefficient (Wildman–Crippen LogP) is -4.99. The van der Waals surface area contributed by atoms with Gasteiger partial charge in [0.2, 0.25) is 65.0 Å². The highest BCUT2D eigenvalue weighted by atomic mass is 16.3. The van der Waals surface area contributed by atoms with Crippen LogP contribution in [0.3, 0.4) is 0 Å². The van der Waals surface area contributed by atoms with Crippen molar-refractivity contribution in [3.63, 3.8) is 0 Å². The van der Waals surface area contributed by atoms with Gasteiger partial charge in [0.15, 0.2) is 0 Å². The van der Waals surface area contributed by atoms with E-state index in [1.54, 1.807) is 44.2 Å². The maximum Gasteiger partial charge on any atom is 0.245 e. The molecule has 0 aromatic heterocycles. The molecule has 1 aliphatic rings. The van der Waals surface area contributed by atoms with Gasteiger partial charge in [0.05, 0.1) is 12.6 Å². The molecule has 462 valence electrons. The highest BCUT2D eigenvalue weighted by molar-refractivity contribution is 5.99. The summed E-state index contributed by atoms with van der Waals surface area (Å²) in [5, 5.41) is 39.0. The summed E-state index contributed by atoms with van der Waals surface area (Å²) < 4.78 is 0. The van der Waals surface area contributed by atoms with E-state index in [1.807, 2.05) is 0 Å². The van der Waals surface area contributed by atoms with E-state index in [1.165, 1.54) is 6.92 Å². The fourth-order valence-corrected chi connectivity index (χ4v) is 8.72.